The van der Waals surface area contributed by atoms with Crippen molar-refractivity contribution >= 4 is 34.9 Å². The molecule has 0 aliphatic carbocycles. The van der Waals surface area contributed by atoms with Gasteiger partial charge in [-0.05, 0) is 30.3 Å². The number of amides is 2. The second kappa shape index (κ2) is 9.68. The molecule has 0 spiro atoms. The number of nitrogens with one attached hydrogen (secondary N) is 2. The summed E-state index contributed by atoms with van der Waals surface area (Å²) in [5.74, 6) is -1.16. The van der Waals surface area contributed by atoms with Gasteiger partial charge in [0, 0.05) is 24.1 Å². The number of hydrogen-bond donors (Lipinski definition) is 2. The number of carbonyl (C=O) groups is 3. The van der Waals surface area contributed by atoms with Crippen molar-refractivity contribution < 1.29 is 23.5 Å². The summed E-state index contributed by atoms with van der Waals surface area (Å²) >= 11 is 5.63. The number of benzene rings is 2. The van der Waals surface area contributed by atoms with Crippen molar-refractivity contribution in [3.63, 3.8) is 0 Å². The second-order valence-electron chi connectivity index (χ2n) is 5.61. The van der Waals surface area contributed by atoms with Crippen molar-refractivity contribution in [1.82, 2.24) is 5.32 Å². The fourth-order valence-corrected chi connectivity index (χ4v) is 2.39. The lowest BCUT2D eigenvalue weighted by Crippen LogP contribution is -2.33. The summed E-state index contributed by atoms with van der Waals surface area (Å²) in [6.45, 7) is -0.277. The Kier molecular flexibility index (Phi) is 7.31. The van der Waals surface area contributed by atoms with Crippen molar-refractivity contribution in [2.24, 2.45) is 0 Å². The Morgan fingerprint density at radius 3 is 2.56 bits per heavy atom. The lowest BCUT2D eigenvalue weighted by atomic mass is 10.1. The van der Waals surface area contributed by atoms with E-state index in [1.165, 1.54) is 19.2 Å². The van der Waals surface area contributed by atoms with Crippen LogP contribution in [0.2, 0.25) is 5.02 Å². The average Bonchev–Trinajstić information content (AvgIpc) is 2.67. The van der Waals surface area contributed by atoms with Crippen LogP contribution in [0.4, 0.5) is 10.1 Å². The summed E-state index contributed by atoms with van der Waals surface area (Å²) in [6, 6.07) is 10.4. The van der Waals surface area contributed by atoms with Gasteiger partial charge in [-0.2, -0.15) is 0 Å². The summed E-state index contributed by atoms with van der Waals surface area (Å²) < 4.78 is 18.1. The van der Waals surface area contributed by atoms with Crippen LogP contribution in [-0.2, 0) is 9.59 Å². The van der Waals surface area contributed by atoms with E-state index in [1.54, 1.807) is 24.3 Å². The Morgan fingerprint density at radius 1 is 1.07 bits per heavy atom. The largest absolute Gasteiger partial charge is 0.497 e. The van der Waals surface area contributed by atoms with Crippen molar-refractivity contribution in [1.29, 1.82) is 0 Å². The van der Waals surface area contributed by atoms with Gasteiger partial charge in [0.25, 0.3) is 0 Å². The van der Waals surface area contributed by atoms with Crippen LogP contribution in [0.3, 0.4) is 0 Å². The Labute approximate surface area is 160 Å². The van der Waals surface area contributed by atoms with Gasteiger partial charge in [-0.15, -0.1) is 0 Å². The number of halogens is 2. The van der Waals surface area contributed by atoms with Crippen LogP contribution in [0.5, 0.6) is 5.75 Å². The third-order valence-electron chi connectivity index (χ3n) is 3.62. The maximum atomic E-state index is 13.1. The SMILES string of the molecule is COc1cccc(C(=O)CCC(=O)NCC(=O)Nc2ccc(F)c(Cl)c2)c1. The average molecular weight is 393 g/mol. The van der Waals surface area contributed by atoms with E-state index in [2.05, 4.69) is 10.6 Å². The normalized spacial score (nSPS) is 10.2. The molecule has 0 radical (unpaired) electrons. The van der Waals surface area contributed by atoms with Crippen molar-refractivity contribution in [2.45, 2.75) is 12.8 Å². The molecule has 0 saturated carbocycles. The minimum atomic E-state index is -0.594. The Bertz CT molecular complexity index is 857. The molecule has 0 heterocycles. The third kappa shape index (κ3) is 6.38. The monoisotopic (exact) mass is 392 g/mol. The number of methoxy groups -OCH3 is 1. The van der Waals surface area contributed by atoms with E-state index in [0.717, 1.165) is 6.07 Å². The van der Waals surface area contributed by atoms with E-state index in [4.69, 9.17) is 16.3 Å². The number of ether oxygens (including phenoxy) is 1. The maximum Gasteiger partial charge on any atom is 0.243 e. The van der Waals surface area contributed by atoms with Crippen LogP contribution in [0.1, 0.15) is 23.2 Å². The standard InChI is InChI=1S/C19H18ClFN2O4/c1-27-14-4-2-3-12(9-14)17(24)7-8-18(25)22-11-19(26)23-13-5-6-16(21)15(20)10-13/h2-6,9-10H,7-8,11H2,1H3,(H,22,25)(H,23,26). The maximum absolute atomic E-state index is 13.1. The minimum Gasteiger partial charge on any atom is -0.497 e. The molecule has 27 heavy (non-hydrogen) atoms. The van der Waals surface area contributed by atoms with E-state index >= 15 is 0 Å². The number of hydrogen-bond acceptors (Lipinski definition) is 4. The van der Waals surface area contributed by atoms with Crippen LogP contribution in [0.25, 0.3) is 0 Å². The van der Waals surface area contributed by atoms with Gasteiger partial charge in [-0.25, -0.2) is 4.39 Å². The van der Waals surface area contributed by atoms with E-state index < -0.39 is 17.6 Å². The van der Waals surface area contributed by atoms with Gasteiger partial charge in [0.05, 0.1) is 18.7 Å². The zero-order valence-electron chi connectivity index (χ0n) is 14.6. The molecule has 2 aromatic carbocycles. The zero-order valence-corrected chi connectivity index (χ0v) is 15.3. The number of Topliss-reactive ketones (excluding diaryl/α,β-unsaturated/α-hetero) is 1. The highest BCUT2D eigenvalue weighted by molar-refractivity contribution is 6.31. The second-order valence-corrected chi connectivity index (χ2v) is 6.02. The summed E-state index contributed by atoms with van der Waals surface area (Å²) in [5.41, 5.74) is 0.766. The minimum absolute atomic E-state index is 0.00813. The topological polar surface area (TPSA) is 84.5 Å². The molecule has 0 aromatic heterocycles. The highest BCUT2D eigenvalue weighted by atomic mass is 35.5. The molecular formula is C19H18ClFN2O4. The first-order valence-electron chi connectivity index (χ1n) is 8.08. The summed E-state index contributed by atoms with van der Waals surface area (Å²) in [4.78, 5) is 35.7. The van der Waals surface area contributed by atoms with Gasteiger partial charge in [-0.1, -0.05) is 23.7 Å². The third-order valence-corrected chi connectivity index (χ3v) is 3.91. The van der Waals surface area contributed by atoms with Crippen LogP contribution >= 0.6 is 11.6 Å². The van der Waals surface area contributed by atoms with E-state index in [1.807, 2.05) is 0 Å². The van der Waals surface area contributed by atoms with Crippen molar-refractivity contribution in [3.05, 3.63) is 58.9 Å². The number of ketones is 1. The summed E-state index contributed by atoms with van der Waals surface area (Å²) in [6.07, 6.45) is -0.0418. The molecule has 0 unspecified atom stereocenters. The lowest BCUT2D eigenvalue weighted by molar-refractivity contribution is -0.124. The fourth-order valence-electron chi connectivity index (χ4n) is 2.21. The first kappa shape index (κ1) is 20.4. The van der Waals surface area contributed by atoms with Crippen LogP contribution < -0.4 is 15.4 Å². The predicted octanol–water partition coefficient (Wildman–Crippen LogP) is 3.21. The molecule has 0 bridgehead atoms. The van der Waals surface area contributed by atoms with E-state index in [9.17, 15) is 18.8 Å². The number of rotatable bonds is 8. The Hall–Kier alpha value is -2.93. The van der Waals surface area contributed by atoms with E-state index in [-0.39, 0.29) is 30.2 Å². The molecule has 0 atom stereocenters. The first-order valence-corrected chi connectivity index (χ1v) is 8.45. The molecule has 8 heteroatoms. The molecule has 2 amide bonds. The molecule has 6 nitrogen and oxygen atoms in total. The highest BCUT2D eigenvalue weighted by Gasteiger charge is 2.11. The van der Waals surface area contributed by atoms with Gasteiger partial charge in [0.15, 0.2) is 5.78 Å². The number of anilines is 1. The van der Waals surface area contributed by atoms with Gasteiger partial charge in [0.1, 0.15) is 11.6 Å². The molecule has 2 aromatic rings. The van der Waals surface area contributed by atoms with Crippen LogP contribution in [0.15, 0.2) is 42.5 Å². The molecular weight excluding hydrogens is 375 g/mol. The molecule has 0 aliphatic heterocycles. The Balaban J connectivity index is 1.75. The smallest absolute Gasteiger partial charge is 0.243 e. The molecule has 0 aliphatic rings. The van der Waals surface area contributed by atoms with Crippen LogP contribution in [-0.4, -0.2) is 31.3 Å². The number of carbonyl (C=O) groups excluding carboxylic acids is 3. The summed E-state index contributed by atoms with van der Waals surface area (Å²) in [5, 5.41) is 4.79. The zero-order chi connectivity index (χ0) is 19.8. The lowest BCUT2D eigenvalue weighted by Gasteiger charge is -2.08. The van der Waals surface area contributed by atoms with Crippen molar-refractivity contribution in [2.75, 3.05) is 19.0 Å². The Morgan fingerprint density at radius 2 is 1.85 bits per heavy atom. The summed E-state index contributed by atoms with van der Waals surface area (Å²) in [7, 11) is 1.50. The van der Waals surface area contributed by atoms with Crippen molar-refractivity contribution in [3.8, 4) is 5.75 Å². The quantitative estimate of drug-likeness (QED) is 0.675. The molecule has 0 fully saturated rings. The molecule has 142 valence electrons. The van der Waals surface area contributed by atoms with Gasteiger partial charge in [0.2, 0.25) is 11.8 Å². The fraction of sp³-hybridized carbons (Fsp3) is 0.211. The van der Waals surface area contributed by atoms with Gasteiger partial charge < -0.3 is 15.4 Å². The molecule has 2 N–H and O–H groups in total. The predicted molar refractivity (Wildman–Crippen MR) is 99.6 cm³/mol. The van der Waals surface area contributed by atoms with Gasteiger partial charge >= 0.3 is 0 Å². The molecule has 2 rings (SSSR count). The van der Waals surface area contributed by atoms with Crippen LogP contribution in [0, 0.1) is 5.82 Å². The first-order chi connectivity index (χ1) is 12.9. The molecule has 0 saturated heterocycles. The highest BCUT2D eigenvalue weighted by Crippen LogP contribution is 2.19. The van der Waals surface area contributed by atoms with Gasteiger partial charge in [-0.3, -0.25) is 14.4 Å². The van der Waals surface area contributed by atoms with E-state index in [0.29, 0.717) is 17.0 Å².